The number of hydrogen-bond acceptors (Lipinski definition) is 2. The second-order valence-corrected chi connectivity index (χ2v) is 3.44. The van der Waals surface area contributed by atoms with E-state index in [0.717, 1.165) is 18.8 Å². The summed E-state index contributed by atoms with van der Waals surface area (Å²) in [7, 11) is 0. The number of aliphatic imine (C=N–C) groups is 1. The Morgan fingerprint density at radius 1 is 1.64 bits per heavy atom. The van der Waals surface area contributed by atoms with Crippen LogP contribution in [0.2, 0.25) is 0 Å². The molecule has 3 heteroatoms. The predicted octanol–water partition coefficient (Wildman–Crippen LogP) is 1.06. The van der Waals surface area contributed by atoms with Crippen LogP contribution in [0.15, 0.2) is 4.99 Å². The fourth-order valence-electron chi connectivity index (χ4n) is 1.06. The van der Waals surface area contributed by atoms with E-state index in [1.807, 2.05) is 0 Å². The monoisotopic (exact) mass is 155 g/mol. The Balaban J connectivity index is 2.48. The van der Waals surface area contributed by atoms with Gasteiger partial charge in [-0.25, -0.2) is 5.84 Å². The number of nitrogens with two attached hydrogens (primary N) is 1. The molecule has 0 bridgehead atoms. The molecule has 0 heterocycles. The maximum atomic E-state index is 5.36. The van der Waals surface area contributed by atoms with Gasteiger partial charge in [0.2, 0.25) is 0 Å². The number of nitrogens with one attached hydrogen (secondary N) is 1. The maximum absolute atomic E-state index is 5.36. The number of nitrogens with zero attached hydrogens (tertiary/aromatic N) is 1. The zero-order chi connectivity index (χ0) is 8.32. The smallest absolute Gasteiger partial charge is 0.116 e. The van der Waals surface area contributed by atoms with E-state index in [9.17, 15) is 0 Å². The van der Waals surface area contributed by atoms with Crippen LogP contribution in [-0.4, -0.2) is 12.4 Å². The van der Waals surface area contributed by atoms with Gasteiger partial charge in [0.25, 0.3) is 0 Å². The largest absolute Gasteiger partial charge is 0.312 e. The van der Waals surface area contributed by atoms with Gasteiger partial charge < -0.3 is 5.43 Å². The zero-order valence-corrected chi connectivity index (χ0v) is 7.35. The SMILES string of the molecule is CCCN=C(NN)C1(C)CC1. The number of hydrogen-bond donors (Lipinski definition) is 2. The first-order chi connectivity index (χ1) is 5.23. The highest BCUT2D eigenvalue weighted by Crippen LogP contribution is 2.45. The van der Waals surface area contributed by atoms with Crippen molar-refractivity contribution in [3.05, 3.63) is 0 Å². The van der Waals surface area contributed by atoms with Gasteiger partial charge in [-0.2, -0.15) is 0 Å². The zero-order valence-electron chi connectivity index (χ0n) is 7.35. The van der Waals surface area contributed by atoms with Gasteiger partial charge in [-0.15, -0.1) is 0 Å². The molecule has 11 heavy (non-hydrogen) atoms. The van der Waals surface area contributed by atoms with Crippen LogP contribution in [-0.2, 0) is 0 Å². The third-order valence-electron chi connectivity index (χ3n) is 2.20. The second-order valence-electron chi connectivity index (χ2n) is 3.44. The van der Waals surface area contributed by atoms with Crippen molar-refractivity contribution in [2.75, 3.05) is 6.54 Å². The molecule has 0 unspecified atom stereocenters. The maximum Gasteiger partial charge on any atom is 0.116 e. The molecule has 0 saturated heterocycles. The Morgan fingerprint density at radius 3 is 2.64 bits per heavy atom. The summed E-state index contributed by atoms with van der Waals surface area (Å²) < 4.78 is 0. The van der Waals surface area contributed by atoms with E-state index in [0.29, 0.717) is 0 Å². The van der Waals surface area contributed by atoms with Crippen LogP contribution in [0.1, 0.15) is 33.1 Å². The summed E-state index contributed by atoms with van der Waals surface area (Å²) in [4.78, 5) is 4.38. The molecule has 0 radical (unpaired) electrons. The fourth-order valence-corrected chi connectivity index (χ4v) is 1.06. The van der Waals surface area contributed by atoms with E-state index >= 15 is 0 Å². The van der Waals surface area contributed by atoms with Crippen molar-refractivity contribution in [2.45, 2.75) is 33.1 Å². The topological polar surface area (TPSA) is 50.4 Å². The summed E-state index contributed by atoms with van der Waals surface area (Å²) in [6.07, 6.45) is 3.53. The molecule has 0 amide bonds. The first kappa shape index (κ1) is 8.53. The number of hydrazine groups is 1. The van der Waals surface area contributed by atoms with E-state index in [4.69, 9.17) is 5.84 Å². The van der Waals surface area contributed by atoms with Gasteiger partial charge in [-0.3, -0.25) is 4.99 Å². The van der Waals surface area contributed by atoms with Crippen LogP contribution in [0.4, 0.5) is 0 Å². The van der Waals surface area contributed by atoms with Crippen molar-refractivity contribution in [1.29, 1.82) is 0 Å². The molecule has 0 atom stereocenters. The molecule has 0 aliphatic heterocycles. The van der Waals surface area contributed by atoms with Crippen molar-refractivity contribution in [2.24, 2.45) is 16.3 Å². The third-order valence-corrected chi connectivity index (χ3v) is 2.20. The van der Waals surface area contributed by atoms with Gasteiger partial charge in [0.15, 0.2) is 0 Å². The summed E-state index contributed by atoms with van der Waals surface area (Å²) in [5.74, 6) is 6.34. The van der Waals surface area contributed by atoms with Crippen molar-refractivity contribution in [3.63, 3.8) is 0 Å². The molecular weight excluding hydrogens is 138 g/mol. The summed E-state index contributed by atoms with van der Waals surface area (Å²) in [6.45, 7) is 5.20. The van der Waals surface area contributed by atoms with Gasteiger partial charge in [0, 0.05) is 12.0 Å². The third kappa shape index (κ3) is 1.93. The Morgan fingerprint density at radius 2 is 2.27 bits per heavy atom. The lowest BCUT2D eigenvalue weighted by Gasteiger charge is -2.11. The molecule has 1 saturated carbocycles. The van der Waals surface area contributed by atoms with E-state index in [1.165, 1.54) is 12.8 Å². The molecule has 0 aromatic carbocycles. The Labute approximate surface area is 68.0 Å². The van der Waals surface area contributed by atoms with Gasteiger partial charge in [0.1, 0.15) is 5.84 Å². The fraction of sp³-hybridized carbons (Fsp3) is 0.875. The minimum atomic E-state index is 0.282. The summed E-state index contributed by atoms with van der Waals surface area (Å²) in [6, 6.07) is 0. The lowest BCUT2D eigenvalue weighted by Crippen LogP contribution is -2.36. The van der Waals surface area contributed by atoms with Crippen LogP contribution in [0.5, 0.6) is 0 Å². The van der Waals surface area contributed by atoms with E-state index < -0.39 is 0 Å². The molecule has 1 aliphatic rings. The van der Waals surface area contributed by atoms with Crippen LogP contribution in [0.25, 0.3) is 0 Å². The van der Waals surface area contributed by atoms with Gasteiger partial charge in [-0.05, 0) is 19.3 Å². The lowest BCUT2D eigenvalue weighted by molar-refractivity contribution is 0.734. The number of amidine groups is 1. The van der Waals surface area contributed by atoms with Crippen molar-refractivity contribution in [1.82, 2.24) is 5.43 Å². The molecule has 1 rings (SSSR count). The molecule has 3 N–H and O–H groups in total. The van der Waals surface area contributed by atoms with E-state index in [-0.39, 0.29) is 5.41 Å². The van der Waals surface area contributed by atoms with Gasteiger partial charge in [-0.1, -0.05) is 13.8 Å². The highest BCUT2D eigenvalue weighted by atomic mass is 15.3. The molecule has 1 aliphatic carbocycles. The summed E-state index contributed by atoms with van der Waals surface area (Å²) in [5.41, 5.74) is 2.97. The highest BCUT2D eigenvalue weighted by Gasteiger charge is 2.42. The normalized spacial score (nSPS) is 21.5. The van der Waals surface area contributed by atoms with Crippen molar-refractivity contribution < 1.29 is 0 Å². The van der Waals surface area contributed by atoms with Crippen LogP contribution < -0.4 is 11.3 Å². The van der Waals surface area contributed by atoms with E-state index in [2.05, 4.69) is 24.3 Å². The molecule has 1 fully saturated rings. The second kappa shape index (κ2) is 3.22. The van der Waals surface area contributed by atoms with Crippen molar-refractivity contribution >= 4 is 5.84 Å². The minimum absolute atomic E-state index is 0.282. The average Bonchev–Trinajstić information content (AvgIpc) is 2.71. The molecule has 0 aromatic rings. The first-order valence-corrected chi connectivity index (χ1v) is 4.24. The van der Waals surface area contributed by atoms with Gasteiger partial charge >= 0.3 is 0 Å². The molecule has 3 nitrogen and oxygen atoms in total. The lowest BCUT2D eigenvalue weighted by atomic mass is 10.1. The summed E-state index contributed by atoms with van der Waals surface area (Å²) >= 11 is 0. The molecule has 64 valence electrons. The van der Waals surface area contributed by atoms with Gasteiger partial charge in [0.05, 0.1) is 0 Å². The quantitative estimate of drug-likeness (QED) is 0.277. The Bertz CT molecular complexity index is 159. The van der Waals surface area contributed by atoms with E-state index in [1.54, 1.807) is 0 Å². The summed E-state index contributed by atoms with van der Waals surface area (Å²) in [5, 5.41) is 0. The number of rotatable bonds is 3. The average molecular weight is 155 g/mol. The van der Waals surface area contributed by atoms with Crippen LogP contribution in [0.3, 0.4) is 0 Å². The van der Waals surface area contributed by atoms with Crippen molar-refractivity contribution in [3.8, 4) is 0 Å². The van der Waals surface area contributed by atoms with Crippen LogP contribution in [0, 0.1) is 5.41 Å². The molecule has 0 spiro atoms. The standard InChI is InChI=1S/C8H17N3/c1-3-6-10-7(11-9)8(2)4-5-8/h3-6,9H2,1-2H3,(H,10,11). The first-order valence-electron chi connectivity index (χ1n) is 4.24. The molecular formula is C8H17N3. The minimum Gasteiger partial charge on any atom is -0.312 e. The Hall–Kier alpha value is -0.570. The highest BCUT2D eigenvalue weighted by molar-refractivity contribution is 5.89. The molecule has 0 aromatic heterocycles. The Kier molecular flexibility index (Phi) is 2.49. The predicted molar refractivity (Wildman–Crippen MR) is 47.3 cm³/mol. The van der Waals surface area contributed by atoms with Crippen LogP contribution >= 0.6 is 0 Å².